The molecule has 2 N–H and O–H groups in total. The van der Waals surface area contributed by atoms with E-state index in [9.17, 15) is 5.26 Å². The lowest BCUT2D eigenvalue weighted by molar-refractivity contribution is 0.570. The summed E-state index contributed by atoms with van der Waals surface area (Å²) < 4.78 is 0.932. The predicted molar refractivity (Wildman–Crippen MR) is 72.8 cm³/mol. The number of hydrogen-bond acceptors (Lipinski definition) is 3. The van der Waals surface area contributed by atoms with Crippen molar-refractivity contribution in [3.63, 3.8) is 0 Å². The normalized spacial score (nSPS) is 16.4. The van der Waals surface area contributed by atoms with Crippen LogP contribution in [0.15, 0.2) is 22.7 Å². The van der Waals surface area contributed by atoms with E-state index in [-0.39, 0.29) is 0 Å². The molecule has 0 amide bonds. The van der Waals surface area contributed by atoms with Crippen LogP contribution in [-0.2, 0) is 0 Å². The number of nitrogens with two attached hydrogens (primary N) is 1. The van der Waals surface area contributed by atoms with E-state index in [4.69, 9.17) is 5.73 Å². The molecule has 0 spiro atoms. The molecule has 1 aliphatic carbocycles. The van der Waals surface area contributed by atoms with Crippen LogP contribution in [0.2, 0.25) is 0 Å². The van der Waals surface area contributed by atoms with Gasteiger partial charge in [-0.2, -0.15) is 5.26 Å². The Balaban J connectivity index is 2.29. The van der Waals surface area contributed by atoms with Crippen LogP contribution in [0.3, 0.4) is 0 Å². The van der Waals surface area contributed by atoms with Crippen LogP contribution in [0, 0.1) is 17.2 Å². The van der Waals surface area contributed by atoms with E-state index in [0.717, 1.165) is 10.2 Å². The van der Waals surface area contributed by atoms with Crippen molar-refractivity contribution in [2.24, 2.45) is 11.7 Å². The van der Waals surface area contributed by atoms with Gasteiger partial charge in [0.25, 0.3) is 0 Å². The second-order valence-electron chi connectivity index (χ2n) is 4.52. The molecule has 0 radical (unpaired) electrons. The minimum atomic E-state index is 0.350. The van der Waals surface area contributed by atoms with Crippen molar-refractivity contribution < 1.29 is 0 Å². The Morgan fingerprint density at radius 1 is 1.59 bits per heavy atom. The van der Waals surface area contributed by atoms with Crippen LogP contribution in [0.4, 0.5) is 5.69 Å². The van der Waals surface area contributed by atoms with Crippen molar-refractivity contribution in [2.45, 2.75) is 18.9 Å². The molecule has 4 heteroatoms. The van der Waals surface area contributed by atoms with Crippen molar-refractivity contribution >= 4 is 21.6 Å². The molecular weight excluding hydrogens is 278 g/mol. The average molecular weight is 294 g/mol. The number of halogens is 1. The maximum Gasteiger partial charge on any atom is 0.101 e. The van der Waals surface area contributed by atoms with Crippen molar-refractivity contribution in [3.05, 3.63) is 28.2 Å². The smallest absolute Gasteiger partial charge is 0.101 e. The minimum Gasteiger partial charge on any atom is -0.369 e. The van der Waals surface area contributed by atoms with Crippen LogP contribution in [-0.4, -0.2) is 19.6 Å². The monoisotopic (exact) mass is 293 g/mol. The van der Waals surface area contributed by atoms with Crippen LogP contribution < -0.4 is 10.6 Å². The molecule has 17 heavy (non-hydrogen) atoms. The van der Waals surface area contributed by atoms with Gasteiger partial charge in [0.1, 0.15) is 6.07 Å². The average Bonchev–Trinajstić information content (AvgIpc) is 3.14. The number of nitriles is 1. The third-order valence-corrected chi connectivity index (χ3v) is 3.86. The van der Waals surface area contributed by atoms with E-state index in [1.165, 1.54) is 12.8 Å². The lowest BCUT2D eigenvalue weighted by Gasteiger charge is -2.30. The second kappa shape index (κ2) is 5.07. The number of hydrogen-bond donors (Lipinski definition) is 1. The minimum absolute atomic E-state index is 0.350. The molecule has 1 aliphatic rings. The summed E-state index contributed by atoms with van der Waals surface area (Å²) in [7, 11) is 2.03. The molecule has 90 valence electrons. The highest BCUT2D eigenvalue weighted by Gasteiger charge is 2.33. The molecule has 1 atom stereocenters. The summed E-state index contributed by atoms with van der Waals surface area (Å²) in [5.74, 6) is 0.695. The molecule has 0 aliphatic heterocycles. The molecule has 1 aromatic rings. The Bertz CT molecular complexity index is 448. The van der Waals surface area contributed by atoms with Crippen LogP contribution >= 0.6 is 15.9 Å². The lowest BCUT2D eigenvalue weighted by atomic mass is 10.1. The zero-order valence-corrected chi connectivity index (χ0v) is 11.4. The molecule has 2 rings (SSSR count). The molecule has 1 saturated carbocycles. The van der Waals surface area contributed by atoms with E-state index in [1.807, 2.05) is 25.2 Å². The molecule has 0 bridgehead atoms. The van der Waals surface area contributed by atoms with Gasteiger partial charge in [-0.05, 0) is 37.0 Å². The van der Waals surface area contributed by atoms with E-state index in [1.54, 1.807) is 0 Å². The quantitative estimate of drug-likeness (QED) is 0.928. The number of benzene rings is 1. The summed E-state index contributed by atoms with van der Waals surface area (Å²) in [5, 5.41) is 9.17. The zero-order valence-electron chi connectivity index (χ0n) is 9.86. The van der Waals surface area contributed by atoms with Gasteiger partial charge < -0.3 is 10.6 Å². The van der Waals surface area contributed by atoms with E-state index >= 15 is 0 Å². The van der Waals surface area contributed by atoms with E-state index in [0.29, 0.717) is 24.1 Å². The third-order valence-electron chi connectivity index (χ3n) is 3.36. The molecule has 1 fully saturated rings. The summed E-state index contributed by atoms with van der Waals surface area (Å²) in [6.45, 7) is 0.641. The van der Waals surface area contributed by atoms with Crippen molar-refractivity contribution in [1.82, 2.24) is 0 Å². The SMILES string of the molecule is CN(c1ccc(Br)cc1C#N)C(CN)C1CC1. The molecule has 3 nitrogen and oxygen atoms in total. The Hall–Kier alpha value is -1.05. The van der Waals surface area contributed by atoms with Gasteiger partial charge in [0.15, 0.2) is 0 Å². The zero-order chi connectivity index (χ0) is 12.4. The van der Waals surface area contributed by atoms with Crippen LogP contribution in [0.25, 0.3) is 0 Å². The molecular formula is C13H16BrN3. The van der Waals surface area contributed by atoms with E-state index < -0.39 is 0 Å². The molecule has 1 aromatic carbocycles. The summed E-state index contributed by atoms with van der Waals surface area (Å²) in [6.07, 6.45) is 2.51. The molecule has 1 unspecified atom stereocenters. The third kappa shape index (κ3) is 2.62. The van der Waals surface area contributed by atoms with Crippen molar-refractivity contribution in [3.8, 4) is 6.07 Å². The standard InChI is InChI=1S/C13H16BrN3/c1-17(13(8-16)9-2-3-9)12-5-4-11(14)6-10(12)7-15/h4-6,9,13H,2-3,8,16H2,1H3. The highest BCUT2D eigenvalue weighted by molar-refractivity contribution is 9.10. The first-order valence-electron chi connectivity index (χ1n) is 5.80. The summed E-state index contributed by atoms with van der Waals surface area (Å²) in [5.41, 5.74) is 7.51. The first-order chi connectivity index (χ1) is 8.17. The van der Waals surface area contributed by atoms with Gasteiger partial charge >= 0.3 is 0 Å². The fourth-order valence-electron chi connectivity index (χ4n) is 2.23. The largest absolute Gasteiger partial charge is 0.369 e. The Morgan fingerprint density at radius 3 is 2.82 bits per heavy atom. The lowest BCUT2D eigenvalue weighted by Crippen LogP contribution is -2.40. The Labute approximate surface area is 110 Å². The topological polar surface area (TPSA) is 53.0 Å². The van der Waals surface area contributed by atoms with Crippen LogP contribution in [0.1, 0.15) is 18.4 Å². The van der Waals surface area contributed by atoms with Crippen LogP contribution in [0.5, 0.6) is 0 Å². The van der Waals surface area contributed by atoms with Gasteiger partial charge in [-0.1, -0.05) is 15.9 Å². The molecule has 0 aromatic heterocycles. The first-order valence-corrected chi connectivity index (χ1v) is 6.59. The number of anilines is 1. The highest BCUT2D eigenvalue weighted by Crippen LogP contribution is 2.37. The van der Waals surface area contributed by atoms with Gasteiger partial charge in [-0.15, -0.1) is 0 Å². The molecule has 0 heterocycles. The van der Waals surface area contributed by atoms with E-state index in [2.05, 4.69) is 26.9 Å². The van der Waals surface area contributed by atoms with Gasteiger partial charge in [0.2, 0.25) is 0 Å². The Kier molecular flexibility index (Phi) is 3.70. The summed E-state index contributed by atoms with van der Waals surface area (Å²) >= 11 is 3.39. The first kappa shape index (κ1) is 12.4. The van der Waals surface area contributed by atoms with Gasteiger partial charge in [0.05, 0.1) is 11.3 Å². The Morgan fingerprint density at radius 2 is 2.29 bits per heavy atom. The number of rotatable bonds is 4. The number of likely N-dealkylation sites (N-methyl/N-ethyl adjacent to an activating group) is 1. The molecule has 0 saturated heterocycles. The fourth-order valence-corrected chi connectivity index (χ4v) is 2.59. The maximum atomic E-state index is 9.17. The highest BCUT2D eigenvalue weighted by atomic mass is 79.9. The number of nitrogens with zero attached hydrogens (tertiary/aromatic N) is 2. The second-order valence-corrected chi connectivity index (χ2v) is 5.44. The van der Waals surface area contributed by atoms with Gasteiger partial charge in [0, 0.05) is 24.1 Å². The summed E-state index contributed by atoms with van der Waals surface area (Å²) in [4.78, 5) is 2.16. The van der Waals surface area contributed by atoms with Gasteiger partial charge in [-0.3, -0.25) is 0 Å². The van der Waals surface area contributed by atoms with Gasteiger partial charge in [-0.25, -0.2) is 0 Å². The summed E-state index contributed by atoms with van der Waals surface area (Å²) in [6, 6.07) is 8.39. The fraction of sp³-hybridized carbons (Fsp3) is 0.462. The van der Waals surface area contributed by atoms with Crippen molar-refractivity contribution in [2.75, 3.05) is 18.5 Å². The maximum absolute atomic E-state index is 9.17. The predicted octanol–water partition coefficient (Wildman–Crippen LogP) is 2.49. The van der Waals surface area contributed by atoms with Crippen molar-refractivity contribution in [1.29, 1.82) is 5.26 Å².